The van der Waals surface area contributed by atoms with Gasteiger partial charge in [-0.2, -0.15) is 0 Å². The van der Waals surface area contributed by atoms with E-state index in [1.807, 2.05) is 24.3 Å². The fourth-order valence-electron chi connectivity index (χ4n) is 2.31. The van der Waals surface area contributed by atoms with E-state index in [1.54, 1.807) is 13.3 Å². The van der Waals surface area contributed by atoms with Crippen LogP contribution in [0.25, 0.3) is 0 Å². The van der Waals surface area contributed by atoms with Gasteiger partial charge in [-0.05, 0) is 49.1 Å². The minimum Gasteiger partial charge on any atom is -0.497 e. The quantitative estimate of drug-likeness (QED) is 0.431. The molecule has 1 aromatic carbocycles. The Morgan fingerprint density at radius 1 is 1.08 bits per heavy atom. The lowest BCUT2D eigenvalue weighted by Gasteiger charge is -2.11. The number of ether oxygens (including phenoxy) is 1. The molecular formula is C19H25ClN4O. The van der Waals surface area contributed by atoms with Gasteiger partial charge >= 0.3 is 0 Å². The molecule has 134 valence electrons. The summed E-state index contributed by atoms with van der Waals surface area (Å²) in [4.78, 5) is 8.71. The van der Waals surface area contributed by atoms with Gasteiger partial charge < -0.3 is 15.4 Å². The van der Waals surface area contributed by atoms with Crippen LogP contribution >= 0.6 is 11.6 Å². The molecule has 1 aromatic heterocycles. The first-order chi connectivity index (χ1) is 12.2. The third kappa shape index (κ3) is 7.01. The highest BCUT2D eigenvalue weighted by molar-refractivity contribution is 6.29. The molecule has 25 heavy (non-hydrogen) atoms. The Kier molecular flexibility index (Phi) is 8.05. The molecule has 6 heteroatoms. The molecule has 0 fully saturated rings. The van der Waals surface area contributed by atoms with Crippen molar-refractivity contribution in [3.8, 4) is 5.75 Å². The highest BCUT2D eigenvalue weighted by Crippen LogP contribution is 2.11. The van der Waals surface area contributed by atoms with Crippen molar-refractivity contribution in [3.05, 3.63) is 58.9 Å². The van der Waals surface area contributed by atoms with Crippen molar-refractivity contribution in [1.82, 2.24) is 15.6 Å². The molecule has 0 spiro atoms. The zero-order chi connectivity index (χ0) is 17.9. The molecule has 5 nitrogen and oxygen atoms in total. The number of nitrogens with zero attached hydrogens (tertiary/aromatic N) is 2. The second kappa shape index (κ2) is 10.6. The molecule has 0 saturated heterocycles. The molecule has 0 radical (unpaired) electrons. The van der Waals surface area contributed by atoms with Crippen molar-refractivity contribution in [2.24, 2.45) is 4.99 Å². The minimum atomic E-state index is 0.519. The summed E-state index contributed by atoms with van der Waals surface area (Å²) >= 11 is 5.80. The first-order valence-electron chi connectivity index (χ1n) is 8.47. The third-order valence-electron chi connectivity index (χ3n) is 3.67. The van der Waals surface area contributed by atoms with Crippen LogP contribution in [0, 0.1) is 0 Å². The maximum atomic E-state index is 5.80. The number of hydrogen-bond donors (Lipinski definition) is 2. The van der Waals surface area contributed by atoms with E-state index in [2.05, 4.69) is 39.7 Å². The Bertz CT molecular complexity index is 656. The molecule has 0 aliphatic carbocycles. The zero-order valence-corrected chi connectivity index (χ0v) is 15.5. The number of nitrogens with one attached hydrogen (secondary N) is 2. The number of hydrogen-bond acceptors (Lipinski definition) is 3. The Morgan fingerprint density at radius 2 is 1.84 bits per heavy atom. The van der Waals surface area contributed by atoms with Crippen LogP contribution in [-0.2, 0) is 12.8 Å². The maximum absolute atomic E-state index is 5.80. The van der Waals surface area contributed by atoms with E-state index in [-0.39, 0.29) is 0 Å². The average Bonchev–Trinajstić information content (AvgIpc) is 2.64. The molecule has 2 aromatic rings. The van der Waals surface area contributed by atoms with Gasteiger partial charge in [0, 0.05) is 25.8 Å². The fraction of sp³-hybridized carbons (Fsp3) is 0.368. The van der Waals surface area contributed by atoms with Crippen LogP contribution in [-0.4, -0.2) is 37.7 Å². The number of aliphatic imine (C=N–C) groups is 1. The van der Waals surface area contributed by atoms with Gasteiger partial charge in [0.2, 0.25) is 0 Å². The largest absolute Gasteiger partial charge is 0.497 e. The minimum absolute atomic E-state index is 0.519. The molecule has 1 heterocycles. The number of pyridine rings is 1. The SMILES string of the molecule is CCNC(=NCCc1ccc(OC)cc1)NCCc1ccc(Cl)nc1. The summed E-state index contributed by atoms with van der Waals surface area (Å²) in [5.74, 6) is 1.71. The summed E-state index contributed by atoms with van der Waals surface area (Å²) < 4.78 is 5.17. The molecule has 0 aliphatic heterocycles. The predicted molar refractivity (Wildman–Crippen MR) is 104 cm³/mol. The molecule has 0 unspecified atom stereocenters. The number of guanidine groups is 1. The summed E-state index contributed by atoms with van der Waals surface area (Å²) in [5, 5.41) is 7.13. The van der Waals surface area contributed by atoms with Gasteiger partial charge in [-0.25, -0.2) is 4.98 Å². The lowest BCUT2D eigenvalue weighted by Crippen LogP contribution is -2.38. The van der Waals surface area contributed by atoms with Crippen molar-refractivity contribution < 1.29 is 4.74 Å². The monoisotopic (exact) mass is 360 g/mol. The van der Waals surface area contributed by atoms with E-state index in [4.69, 9.17) is 16.3 Å². The maximum Gasteiger partial charge on any atom is 0.191 e. The fourth-order valence-corrected chi connectivity index (χ4v) is 2.42. The summed E-state index contributed by atoms with van der Waals surface area (Å²) in [5.41, 5.74) is 2.39. The van der Waals surface area contributed by atoms with Gasteiger partial charge in [0.1, 0.15) is 10.9 Å². The zero-order valence-electron chi connectivity index (χ0n) is 14.8. The molecular weight excluding hydrogens is 336 g/mol. The van der Waals surface area contributed by atoms with E-state index < -0.39 is 0 Å². The van der Waals surface area contributed by atoms with Crippen molar-refractivity contribution in [3.63, 3.8) is 0 Å². The van der Waals surface area contributed by atoms with E-state index in [9.17, 15) is 0 Å². The molecule has 0 amide bonds. The molecule has 2 N–H and O–H groups in total. The molecule has 0 aliphatic rings. The summed E-state index contributed by atoms with van der Waals surface area (Å²) in [6, 6.07) is 11.9. The number of benzene rings is 1. The van der Waals surface area contributed by atoms with Crippen LogP contribution in [0.1, 0.15) is 18.1 Å². The Balaban J connectivity index is 1.79. The van der Waals surface area contributed by atoms with Crippen LogP contribution in [0.3, 0.4) is 0 Å². The number of rotatable bonds is 8. The van der Waals surface area contributed by atoms with Gasteiger partial charge in [-0.15, -0.1) is 0 Å². The van der Waals surface area contributed by atoms with Crippen molar-refractivity contribution in [2.45, 2.75) is 19.8 Å². The summed E-state index contributed by atoms with van der Waals surface area (Å²) in [6.45, 7) is 4.41. The summed E-state index contributed by atoms with van der Waals surface area (Å²) in [6.07, 6.45) is 3.56. The Hall–Kier alpha value is -2.27. The van der Waals surface area contributed by atoms with Gasteiger partial charge in [-0.3, -0.25) is 4.99 Å². The highest BCUT2D eigenvalue weighted by Gasteiger charge is 1.99. The topological polar surface area (TPSA) is 58.5 Å². The van der Waals surface area contributed by atoms with Crippen LogP contribution in [0.4, 0.5) is 0 Å². The normalized spacial score (nSPS) is 11.2. The van der Waals surface area contributed by atoms with Gasteiger partial charge in [0.25, 0.3) is 0 Å². The van der Waals surface area contributed by atoms with Gasteiger partial charge in [-0.1, -0.05) is 29.8 Å². The first kappa shape index (κ1) is 19.1. The van der Waals surface area contributed by atoms with Crippen LogP contribution in [0.5, 0.6) is 5.75 Å². The average molecular weight is 361 g/mol. The standard InChI is InChI=1S/C19H25ClN4O/c1-3-21-19(23-13-11-16-6-9-18(20)24-14-16)22-12-10-15-4-7-17(25-2)8-5-15/h4-9,14H,3,10-13H2,1-2H3,(H2,21,22,23). The van der Waals surface area contributed by atoms with E-state index in [0.29, 0.717) is 5.15 Å². The van der Waals surface area contributed by atoms with Crippen molar-refractivity contribution in [1.29, 1.82) is 0 Å². The second-order valence-electron chi connectivity index (χ2n) is 5.52. The second-order valence-corrected chi connectivity index (χ2v) is 5.91. The van der Waals surface area contributed by atoms with E-state index >= 15 is 0 Å². The highest BCUT2D eigenvalue weighted by atomic mass is 35.5. The predicted octanol–water partition coefficient (Wildman–Crippen LogP) is 3.08. The van der Waals surface area contributed by atoms with Crippen molar-refractivity contribution >= 4 is 17.6 Å². The summed E-state index contributed by atoms with van der Waals surface area (Å²) in [7, 11) is 1.67. The van der Waals surface area contributed by atoms with Gasteiger partial charge in [0.05, 0.1) is 7.11 Å². The number of methoxy groups -OCH3 is 1. The van der Waals surface area contributed by atoms with Crippen molar-refractivity contribution in [2.75, 3.05) is 26.7 Å². The van der Waals surface area contributed by atoms with E-state index in [1.165, 1.54) is 5.56 Å². The van der Waals surface area contributed by atoms with Crippen LogP contribution < -0.4 is 15.4 Å². The molecule has 0 bridgehead atoms. The smallest absolute Gasteiger partial charge is 0.191 e. The lowest BCUT2D eigenvalue weighted by molar-refractivity contribution is 0.414. The third-order valence-corrected chi connectivity index (χ3v) is 3.89. The molecule has 0 saturated carbocycles. The number of aromatic nitrogens is 1. The van der Waals surface area contributed by atoms with Crippen LogP contribution in [0.15, 0.2) is 47.6 Å². The van der Waals surface area contributed by atoms with Gasteiger partial charge in [0.15, 0.2) is 5.96 Å². The first-order valence-corrected chi connectivity index (χ1v) is 8.84. The Morgan fingerprint density at radius 3 is 2.48 bits per heavy atom. The van der Waals surface area contributed by atoms with Crippen LogP contribution in [0.2, 0.25) is 5.15 Å². The molecule has 0 atom stereocenters. The lowest BCUT2D eigenvalue weighted by atomic mass is 10.1. The number of halogens is 1. The Labute approximate surface area is 154 Å². The molecule has 2 rings (SSSR count). The van der Waals surface area contributed by atoms with E-state index in [0.717, 1.165) is 49.7 Å².